The van der Waals surface area contributed by atoms with Crippen molar-refractivity contribution in [1.29, 1.82) is 0 Å². The van der Waals surface area contributed by atoms with Gasteiger partial charge < -0.3 is 19.3 Å². The van der Waals surface area contributed by atoms with E-state index in [1.807, 2.05) is 30.3 Å². The maximum Gasteiger partial charge on any atom is 0.186 e. The van der Waals surface area contributed by atoms with Gasteiger partial charge in [-0.3, -0.25) is 0 Å². The van der Waals surface area contributed by atoms with Crippen molar-refractivity contribution < 1.29 is 19.3 Å². The van der Waals surface area contributed by atoms with Crippen LogP contribution in [-0.4, -0.2) is 36.8 Å². The molecule has 1 aliphatic heterocycles. The second-order valence-corrected chi connectivity index (χ2v) is 4.89. The lowest BCUT2D eigenvalue weighted by Crippen LogP contribution is -2.35. The number of rotatable bonds is 5. The average Bonchev–Trinajstić information content (AvgIpc) is 2.65. The van der Waals surface area contributed by atoms with Crippen LogP contribution in [0.25, 0.3) is 0 Å². The number of hydrogen-bond acceptors (Lipinski definition) is 4. The fraction of sp³-hybridized carbons (Fsp3) is 0.571. The lowest BCUT2D eigenvalue weighted by molar-refractivity contribution is -0.185. The molecule has 1 aliphatic rings. The quantitative estimate of drug-likeness (QED) is 0.866. The van der Waals surface area contributed by atoms with Crippen molar-refractivity contribution in [3.8, 4) is 0 Å². The molecule has 100 valence electrons. The van der Waals surface area contributed by atoms with Crippen LogP contribution in [0.1, 0.15) is 18.9 Å². The Morgan fingerprint density at radius 3 is 2.72 bits per heavy atom. The van der Waals surface area contributed by atoms with Crippen LogP contribution in [0, 0.1) is 0 Å². The third-order valence-electron chi connectivity index (χ3n) is 3.09. The maximum absolute atomic E-state index is 10.0. The predicted octanol–water partition coefficient (Wildman–Crippen LogP) is 1.72. The van der Waals surface area contributed by atoms with Crippen LogP contribution in [0.3, 0.4) is 0 Å². The van der Waals surface area contributed by atoms with Gasteiger partial charge in [-0.15, -0.1) is 0 Å². The zero-order chi connectivity index (χ0) is 13.0. The van der Waals surface area contributed by atoms with Gasteiger partial charge in [-0.25, -0.2) is 0 Å². The Hall–Kier alpha value is -0.940. The number of methoxy groups -OCH3 is 1. The first-order chi connectivity index (χ1) is 8.62. The zero-order valence-corrected chi connectivity index (χ0v) is 10.8. The number of hydrogen-bond donors (Lipinski definition) is 1. The molecule has 0 aliphatic carbocycles. The third-order valence-corrected chi connectivity index (χ3v) is 3.09. The van der Waals surface area contributed by atoms with Crippen LogP contribution in [0.4, 0.5) is 0 Å². The smallest absolute Gasteiger partial charge is 0.186 e. The summed E-state index contributed by atoms with van der Waals surface area (Å²) in [4.78, 5) is 0. The van der Waals surface area contributed by atoms with E-state index in [0.717, 1.165) is 5.56 Å². The minimum absolute atomic E-state index is 0.117. The van der Waals surface area contributed by atoms with E-state index in [4.69, 9.17) is 14.2 Å². The SMILES string of the molecule is CO[C@H]1O[C@H](COCc2ccccc2)C[C@@]1(C)O. The van der Waals surface area contributed by atoms with Gasteiger partial charge in [-0.1, -0.05) is 30.3 Å². The molecule has 4 nitrogen and oxygen atoms in total. The van der Waals surface area contributed by atoms with Gasteiger partial charge in [-0.2, -0.15) is 0 Å². The van der Waals surface area contributed by atoms with Crippen LogP contribution in [0.2, 0.25) is 0 Å². The molecule has 2 rings (SSSR count). The average molecular weight is 252 g/mol. The van der Waals surface area contributed by atoms with Crippen molar-refractivity contribution >= 4 is 0 Å². The summed E-state index contributed by atoms with van der Waals surface area (Å²) in [6, 6.07) is 9.98. The monoisotopic (exact) mass is 252 g/mol. The molecule has 0 saturated carbocycles. The van der Waals surface area contributed by atoms with E-state index in [9.17, 15) is 5.11 Å². The molecule has 1 aromatic rings. The highest BCUT2D eigenvalue weighted by Crippen LogP contribution is 2.30. The Labute approximate surface area is 107 Å². The Kier molecular flexibility index (Phi) is 4.35. The van der Waals surface area contributed by atoms with E-state index < -0.39 is 11.9 Å². The fourth-order valence-electron chi connectivity index (χ4n) is 2.22. The van der Waals surface area contributed by atoms with E-state index in [1.54, 1.807) is 6.92 Å². The highest BCUT2D eigenvalue weighted by Gasteiger charge is 2.44. The van der Waals surface area contributed by atoms with Gasteiger partial charge in [0.1, 0.15) is 5.60 Å². The first kappa shape index (κ1) is 13.5. The highest BCUT2D eigenvalue weighted by molar-refractivity contribution is 5.13. The standard InChI is InChI=1S/C14H20O4/c1-14(15)8-12(18-13(14)16-2)10-17-9-11-6-4-3-5-7-11/h3-7,12-13,15H,8-10H2,1-2H3/t12-,13-,14+/m0/s1. The minimum atomic E-state index is -0.935. The van der Waals surface area contributed by atoms with Gasteiger partial charge >= 0.3 is 0 Å². The van der Waals surface area contributed by atoms with Crippen LogP contribution < -0.4 is 0 Å². The number of benzene rings is 1. The molecule has 18 heavy (non-hydrogen) atoms. The van der Waals surface area contributed by atoms with Crippen molar-refractivity contribution in [2.45, 2.75) is 37.9 Å². The Balaban J connectivity index is 1.75. The van der Waals surface area contributed by atoms with E-state index >= 15 is 0 Å². The molecule has 0 amide bonds. The molecule has 4 heteroatoms. The van der Waals surface area contributed by atoms with Crippen molar-refractivity contribution in [3.63, 3.8) is 0 Å². The lowest BCUT2D eigenvalue weighted by atomic mass is 10.0. The molecular weight excluding hydrogens is 232 g/mol. The minimum Gasteiger partial charge on any atom is -0.385 e. The molecule has 0 unspecified atom stereocenters. The van der Waals surface area contributed by atoms with Gasteiger partial charge in [0.15, 0.2) is 6.29 Å². The summed E-state index contributed by atoms with van der Waals surface area (Å²) >= 11 is 0. The Morgan fingerprint density at radius 2 is 2.11 bits per heavy atom. The van der Waals surface area contributed by atoms with Crippen molar-refractivity contribution in [2.75, 3.05) is 13.7 Å². The summed E-state index contributed by atoms with van der Waals surface area (Å²) in [5.41, 5.74) is 0.195. The Bertz CT molecular complexity index is 363. The van der Waals surface area contributed by atoms with E-state index in [0.29, 0.717) is 19.6 Å². The van der Waals surface area contributed by atoms with Crippen LogP contribution >= 0.6 is 0 Å². The molecule has 3 atom stereocenters. The second kappa shape index (κ2) is 5.80. The molecule has 0 bridgehead atoms. The first-order valence-electron chi connectivity index (χ1n) is 6.14. The summed E-state index contributed by atoms with van der Waals surface area (Å²) in [6.45, 7) is 2.74. The summed E-state index contributed by atoms with van der Waals surface area (Å²) in [6.07, 6.45) is -0.156. The van der Waals surface area contributed by atoms with Crippen molar-refractivity contribution in [1.82, 2.24) is 0 Å². The zero-order valence-electron chi connectivity index (χ0n) is 10.8. The molecular formula is C14H20O4. The molecule has 0 aromatic heterocycles. The van der Waals surface area contributed by atoms with Gasteiger partial charge in [-0.05, 0) is 12.5 Å². The highest BCUT2D eigenvalue weighted by atomic mass is 16.7. The van der Waals surface area contributed by atoms with Gasteiger partial charge in [0.05, 0.1) is 19.3 Å². The fourth-order valence-corrected chi connectivity index (χ4v) is 2.22. The normalized spacial score (nSPS) is 31.7. The van der Waals surface area contributed by atoms with E-state index in [1.165, 1.54) is 7.11 Å². The van der Waals surface area contributed by atoms with E-state index in [-0.39, 0.29) is 6.10 Å². The predicted molar refractivity (Wildman–Crippen MR) is 67.0 cm³/mol. The molecule has 1 N–H and O–H groups in total. The second-order valence-electron chi connectivity index (χ2n) is 4.89. The maximum atomic E-state index is 10.0. The number of ether oxygens (including phenoxy) is 3. The number of aliphatic hydroxyl groups is 1. The van der Waals surface area contributed by atoms with Crippen molar-refractivity contribution in [2.24, 2.45) is 0 Å². The van der Waals surface area contributed by atoms with Gasteiger partial charge in [0, 0.05) is 13.5 Å². The van der Waals surface area contributed by atoms with Crippen molar-refractivity contribution in [3.05, 3.63) is 35.9 Å². The van der Waals surface area contributed by atoms with Crippen LogP contribution in [-0.2, 0) is 20.8 Å². The first-order valence-corrected chi connectivity index (χ1v) is 6.14. The Morgan fingerprint density at radius 1 is 1.39 bits per heavy atom. The summed E-state index contributed by atoms with van der Waals surface area (Å²) in [5, 5.41) is 10.0. The lowest BCUT2D eigenvalue weighted by Gasteiger charge is -2.21. The third kappa shape index (κ3) is 3.29. The van der Waals surface area contributed by atoms with Gasteiger partial charge in [0.25, 0.3) is 0 Å². The van der Waals surface area contributed by atoms with Gasteiger partial charge in [0.2, 0.25) is 0 Å². The van der Waals surface area contributed by atoms with Crippen LogP contribution in [0.5, 0.6) is 0 Å². The summed E-state index contributed by atoms with van der Waals surface area (Å²) in [7, 11) is 1.53. The van der Waals surface area contributed by atoms with Crippen LogP contribution in [0.15, 0.2) is 30.3 Å². The summed E-state index contributed by atoms with van der Waals surface area (Å²) in [5.74, 6) is 0. The topological polar surface area (TPSA) is 47.9 Å². The molecule has 1 heterocycles. The molecule has 1 fully saturated rings. The largest absolute Gasteiger partial charge is 0.385 e. The summed E-state index contributed by atoms with van der Waals surface area (Å²) < 4.78 is 16.3. The van der Waals surface area contributed by atoms with E-state index in [2.05, 4.69) is 0 Å². The molecule has 0 spiro atoms. The molecule has 0 radical (unpaired) electrons. The molecule has 1 aromatic carbocycles. The molecule has 1 saturated heterocycles.